The average molecular weight is 243 g/mol. The van der Waals surface area contributed by atoms with Gasteiger partial charge in [0.05, 0.1) is 0 Å². The van der Waals surface area contributed by atoms with E-state index in [-0.39, 0.29) is 0 Å². The van der Waals surface area contributed by atoms with Gasteiger partial charge in [0.1, 0.15) is 5.72 Å². The summed E-state index contributed by atoms with van der Waals surface area (Å²) in [4.78, 5) is 2.20. The standard InChI is InChI=1S/C16H21NO/c1-13-7-4-5-11-16(13,18)17-12-6-9-14-8-2-3-10-15(14)17/h2-3,6,8-10,13,18H,4-5,7,11-12H2,1H3. The molecule has 18 heavy (non-hydrogen) atoms. The van der Waals surface area contributed by atoms with E-state index in [1.807, 2.05) is 0 Å². The highest BCUT2D eigenvalue weighted by molar-refractivity contribution is 5.72. The van der Waals surface area contributed by atoms with E-state index in [0.717, 1.165) is 25.8 Å². The highest BCUT2D eigenvalue weighted by Gasteiger charge is 2.42. The summed E-state index contributed by atoms with van der Waals surface area (Å²) in [5.74, 6) is 0.339. The Morgan fingerprint density at radius 3 is 2.94 bits per heavy atom. The maximum absolute atomic E-state index is 11.1. The first-order chi connectivity index (χ1) is 8.72. The summed E-state index contributed by atoms with van der Waals surface area (Å²) in [5, 5.41) is 11.1. The minimum atomic E-state index is -0.668. The van der Waals surface area contributed by atoms with Gasteiger partial charge in [-0.3, -0.25) is 0 Å². The number of rotatable bonds is 1. The third kappa shape index (κ3) is 1.76. The average Bonchev–Trinajstić information content (AvgIpc) is 2.41. The number of hydrogen-bond donors (Lipinski definition) is 1. The van der Waals surface area contributed by atoms with Gasteiger partial charge in [-0.25, -0.2) is 0 Å². The van der Waals surface area contributed by atoms with Crippen LogP contribution in [-0.4, -0.2) is 17.4 Å². The molecule has 2 unspecified atom stereocenters. The number of hydrogen-bond acceptors (Lipinski definition) is 2. The molecule has 2 heteroatoms. The van der Waals surface area contributed by atoms with Crippen LogP contribution in [0.5, 0.6) is 0 Å². The molecule has 1 aliphatic heterocycles. The van der Waals surface area contributed by atoms with Crippen molar-refractivity contribution in [2.45, 2.75) is 38.3 Å². The van der Waals surface area contributed by atoms with Gasteiger partial charge >= 0.3 is 0 Å². The number of fused-ring (bicyclic) bond motifs is 1. The predicted octanol–water partition coefficient (Wildman–Crippen LogP) is 3.42. The van der Waals surface area contributed by atoms with Crippen molar-refractivity contribution in [1.82, 2.24) is 0 Å². The van der Waals surface area contributed by atoms with Gasteiger partial charge in [0.2, 0.25) is 0 Å². The monoisotopic (exact) mass is 243 g/mol. The molecule has 1 aliphatic carbocycles. The quantitative estimate of drug-likeness (QED) is 0.817. The van der Waals surface area contributed by atoms with Crippen molar-refractivity contribution in [2.75, 3.05) is 11.4 Å². The summed E-state index contributed by atoms with van der Waals surface area (Å²) in [6.45, 7) is 3.00. The summed E-state index contributed by atoms with van der Waals surface area (Å²) in [6, 6.07) is 8.36. The molecular formula is C16H21NO. The number of para-hydroxylation sites is 1. The van der Waals surface area contributed by atoms with Crippen molar-refractivity contribution in [3.63, 3.8) is 0 Å². The zero-order chi connectivity index (χ0) is 12.6. The Hall–Kier alpha value is -1.28. The molecule has 1 fully saturated rings. The molecule has 0 saturated heterocycles. The van der Waals surface area contributed by atoms with Crippen molar-refractivity contribution in [2.24, 2.45) is 5.92 Å². The van der Waals surface area contributed by atoms with E-state index >= 15 is 0 Å². The van der Waals surface area contributed by atoms with Gasteiger partial charge in [0.15, 0.2) is 0 Å². The largest absolute Gasteiger partial charge is 0.371 e. The fourth-order valence-corrected chi connectivity index (χ4v) is 3.34. The predicted molar refractivity (Wildman–Crippen MR) is 75.4 cm³/mol. The number of benzene rings is 1. The smallest absolute Gasteiger partial charge is 0.140 e. The highest BCUT2D eigenvalue weighted by Crippen LogP contribution is 2.41. The first kappa shape index (κ1) is 11.8. The van der Waals surface area contributed by atoms with E-state index in [2.05, 4.69) is 48.2 Å². The van der Waals surface area contributed by atoms with Gasteiger partial charge in [-0.15, -0.1) is 0 Å². The summed E-state index contributed by atoms with van der Waals surface area (Å²) < 4.78 is 0. The molecule has 2 nitrogen and oxygen atoms in total. The summed E-state index contributed by atoms with van der Waals surface area (Å²) in [5.41, 5.74) is 1.73. The van der Waals surface area contributed by atoms with E-state index in [4.69, 9.17) is 0 Å². The molecule has 2 atom stereocenters. The Morgan fingerprint density at radius 1 is 1.28 bits per heavy atom. The Morgan fingerprint density at radius 2 is 2.11 bits per heavy atom. The first-order valence-electron chi connectivity index (χ1n) is 6.97. The molecule has 0 bridgehead atoms. The minimum absolute atomic E-state index is 0.339. The van der Waals surface area contributed by atoms with Crippen molar-refractivity contribution in [1.29, 1.82) is 0 Å². The van der Waals surface area contributed by atoms with Crippen molar-refractivity contribution < 1.29 is 5.11 Å². The molecule has 2 aliphatic rings. The Labute approximate surface area is 109 Å². The molecule has 1 heterocycles. The van der Waals surface area contributed by atoms with Gasteiger partial charge in [0.25, 0.3) is 0 Å². The second-order valence-electron chi connectivity index (χ2n) is 5.60. The van der Waals surface area contributed by atoms with E-state index in [0.29, 0.717) is 5.92 Å². The van der Waals surface area contributed by atoms with Gasteiger partial charge in [-0.1, -0.05) is 43.7 Å². The summed E-state index contributed by atoms with van der Waals surface area (Å²) in [6.07, 6.45) is 8.69. The normalized spacial score (nSPS) is 31.2. The topological polar surface area (TPSA) is 23.5 Å². The second-order valence-corrected chi connectivity index (χ2v) is 5.60. The highest BCUT2D eigenvalue weighted by atomic mass is 16.3. The lowest BCUT2D eigenvalue weighted by Crippen LogP contribution is -2.55. The van der Waals surface area contributed by atoms with Crippen LogP contribution in [0, 0.1) is 5.92 Å². The van der Waals surface area contributed by atoms with Crippen LogP contribution in [0.2, 0.25) is 0 Å². The fourth-order valence-electron chi connectivity index (χ4n) is 3.34. The van der Waals surface area contributed by atoms with Gasteiger partial charge in [-0.05, 0) is 30.9 Å². The molecule has 1 aromatic carbocycles. The van der Waals surface area contributed by atoms with Crippen molar-refractivity contribution in [3.05, 3.63) is 35.9 Å². The van der Waals surface area contributed by atoms with Crippen LogP contribution in [0.4, 0.5) is 5.69 Å². The lowest BCUT2D eigenvalue weighted by molar-refractivity contribution is -0.0418. The molecule has 1 aromatic rings. The number of anilines is 1. The summed E-state index contributed by atoms with van der Waals surface area (Å²) in [7, 11) is 0. The molecule has 1 saturated carbocycles. The minimum Gasteiger partial charge on any atom is -0.371 e. The lowest BCUT2D eigenvalue weighted by atomic mass is 9.80. The Bertz CT molecular complexity index is 468. The van der Waals surface area contributed by atoms with Crippen LogP contribution in [0.1, 0.15) is 38.2 Å². The second kappa shape index (κ2) is 4.43. The molecule has 3 rings (SSSR count). The van der Waals surface area contributed by atoms with Crippen LogP contribution in [0.15, 0.2) is 30.3 Å². The van der Waals surface area contributed by atoms with Crippen molar-refractivity contribution in [3.8, 4) is 0 Å². The van der Waals surface area contributed by atoms with E-state index in [1.54, 1.807) is 0 Å². The molecule has 0 spiro atoms. The van der Waals surface area contributed by atoms with Crippen LogP contribution in [-0.2, 0) is 0 Å². The van der Waals surface area contributed by atoms with Gasteiger partial charge < -0.3 is 10.0 Å². The van der Waals surface area contributed by atoms with Crippen LogP contribution < -0.4 is 4.90 Å². The Balaban J connectivity index is 2.00. The lowest BCUT2D eigenvalue weighted by Gasteiger charge is -2.48. The number of aliphatic hydroxyl groups is 1. The van der Waals surface area contributed by atoms with Gasteiger partial charge in [-0.2, -0.15) is 0 Å². The van der Waals surface area contributed by atoms with Gasteiger partial charge in [0, 0.05) is 18.2 Å². The van der Waals surface area contributed by atoms with Crippen LogP contribution in [0.3, 0.4) is 0 Å². The molecular weight excluding hydrogens is 222 g/mol. The third-order valence-electron chi connectivity index (χ3n) is 4.50. The zero-order valence-electron chi connectivity index (χ0n) is 11.0. The van der Waals surface area contributed by atoms with Crippen LogP contribution in [0.25, 0.3) is 6.08 Å². The van der Waals surface area contributed by atoms with E-state index in [9.17, 15) is 5.11 Å². The fraction of sp³-hybridized carbons (Fsp3) is 0.500. The SMILES string of the molecule is CC1CCCCC1(O)N1CC=Cc2ccccc21. The maximum atomic E-state index is 11.1. The molecule has 0 radical (unpaired) electrons. The maximum Gasteiger partial charge on any atom is 0.140 e. The van der Waals surface area contributed by atoms with E-state index in [1.165, 1.54) is 17.7 Å². The third-order valence-corrected chi connectivity index (χ3v) is 4.50. The van der Waals surface area contributed by atoms with Crippen molar-refractivity contribution >= 4 is 11.8 Å². The number of nitrogens with zero attached hydrogens (tertiary/aromatic N) is 1. The Kier molecular flexibility index (Phi) is 2.90. The molecule has 96 valence electrons. The van der Waals surface area contributed by atoms with Crippen LogP contribution >= 0.6 is 0 Å². The molecule has 0 amide bonds. The van der Waals surface area contributed by atoms with E-state index < -0.39 is 5.72 Å². The summed E-state index contributed by atoms with van der Waals surface area (Å²) >= 11 is 0. The molecule has 1 N–H and O–H groups in total. The first-order valence-corrected chi connectivity index (χ1v) is 6.97. The zero-order valence-corrected chi connectivity index (χ0v) is 11.0. The molecule has 0 aromatic heterocycles.